The summed E-state index contributed by atoms with van der Waals surface area (Å²) >= 11 is 0. The minimum atomic E-state index is -0.519. The molecular weight excluding hydrogens is 264 g/mol. The number of hydrogen-bond acceptors (Lipinski definition) is 4. The van der Waals surface area contributed by atoms with E-state index >= 15 is 0 Å². The molecule has 0 N–H and O–H groups in total. The van der Waals surface area contributed by atoms with Gasteiger partial charge in [0, 0.05) is 0 Å². The fourth-order valence-electron chi connectivity index (χ4n) is 2.85. The summed E-state index contributed by atoms with van der Waals surface area (Å²) in [5.41, 5.74) is 0.270. The highest BCUT2D eigenvalue weighted by Gasteiger charge is 2.49. The molecule has 0 aromatic rings. The Balaban J connectivity index is 2.07. The van der Waals surface area contributed by atoms with Gasteiger partial charge in [-0.05, 0) is 46.6 Å². The molecule has 0 saturated heterocycles. The van der Waals surface area contributed by atoms with Crippen LogP contribution in [0, 0.1) is 5.41 Å². The smallest absolute Gasteiger partial charge is 0.204 e. The normalized spacial score (nSPS) is 26.0. The summed E-state index contributed by atoms with van der Waals surface area (Å²) in [6, 6.07) is 0. The minimum Gasteiger partial charge on any atom is -0.477 e. The Morgan fingerprint density at radius 1 is 1.00 bits per heavy atom. The highest BCUT2D eigenvalue weighted by molar-refractivity contribution is 6.09. The molecule has 0 radical (unpaired) electrons. The molecule has 2 heterocycles. The van der Waals surface area contributed by atoms with E-state index in [0.29, 0.717) is 13.2 Å². The van der Waals surface area contributed by atoms with Crippen LogP contribution >= 0.6 is 0 Å². The van der Waals surface area contributed by atoms with Crippen molar-refractivity contribution in [3.63, 3.8) is 0 Å². The predicted octanol–water partition coefficient (Wildman–Crippen LogP) is 3.29. The lowest BCUT2D eigenvalue weighted by Gasteiger charge is -2.28. The van der Waals surface area contributed by atoms with E-state index in [1.165, 1.54) is 0 Å². The first-order chi connectivity index (χ1) is 9.73. The Morgan fingerprint density at radius 3 is 1.86 bits per heavy atom. The van der Waals surface area contributed by atoms with Crippen molar-refractivity contribution in [2.75, 3.05) is 13.2 Å². The van der Waals surface area contributed by atoms with Crippen LogP contribution in [0.5, 0.6) is 0 Å². The number of nitrogens with zero attached hydrogens (tertiary/aromatic N) is 2. The summed E-state index contributed by atoms with van der Waals surface area (Å²) in [7, 11) is 0. The van der Waals surface area contributed by atoms with Gasteiger partial charge < -0.3 is 9.47 Å². The van der Waals surface area contributed by atoms with E-state index < -0.39 is 5.41 Å². The third-order valence-corrected chi connectivity index (χ3v) is 4.14. The number of hydrogen-bond donors (Lipinski definition) is 0. The van der Waals surface area contributed by atoms with Crippen molar-refractivity contribution in [2.45, 2.75) is 52.1 Å². The second-order valence-electron chi connectivity index (χ2n) is 7.46. The maximum Gasteiger partial charge on any atom is 0.204 e. The Labute approximate surface area is 126 Å². The average Bonchev–Trinajstić information content (AvgIpc) is 3.08. The van der Waals surface area contributed by atoms with E-state index in [0.717, 1.165) is 23.8 Å². The fourth-order valence-corrected chi connectivity index (χ4v) is 2.85. The van der Waals surface area contributed by atoms with Crippen LogP contribution in [0.1, 0.15) is 41.0 Å². The molecule has 0 aromatic carbocycles. The Hall–Kier alpha value is -1.58. The van der Waals surface area contributed by atoms with Crippen LogP contribution in [-0.2, 0) is 9.47 Å². The van der Waals surface area contributed by atoms with E-state index in [2.05, 4.69) is 52.8 Å². The molecule has 21 heavy (non-hydrogen) atoms. The SMILES string of the molecule is CC1(C)COC(C(C)(C2=CCC=C2)C2=NC(C)(C)CO2)=N1. The number of aliphatic imine (C=N–C) groups is 2. The molecule has 2 aliphatic heterocycles. The first-order valence-electron chi connectivity index (χ1n) is 7.56. The van der Waals surface area contributed by atoms with Crippen molar-refractivity contribution in [1.29, 1.82) is 0 Å². The van der Waals surface area contributed by atoms with Gasteiger partial charge in [0.15, 0.2) is 0 Å². The zero-order valence-corrected chi connectivity index (χ0v) is 13.6. The van der Waals surface area contributed by atoms with Crippen LogP contribution < -0.4 is 0 Å². The van der Waals surface area contributed by atoms with Gasteiger partial charge in [0.05, 0.1) is 11.1 Å². The molecule has 0 bridgehead atoms. The number of rotatable bonds is 3. The number of allylic oxidation sites excluding steroid dienone is 3. The van der Waals surface area contributed by atoms with Gasteiger partial charge in [0.25, 0.3) is 0 Å². The van der Waals surface area contributed by atoms with Gasteiger partial charge in [-0.2, -0.15) is 0 Å². The Bertz CT molecular complexity index is 546. The van der Waals surface area contributed by atoms with Gasteiger partial charge in [-0.1, -0.05) is 18.2 Å². The van der Waals surface area contributed by atoms with Crippen molar-refractivity contribution in [1.82, 2.24) is 0 Å². The molecule has 4 nitrogen and oxygen atoms in total. The summed E-state index contributed by atoms with van der Waals surface area (Å²) in [6.45, 7) is 11.6. The van der Waals surface area contributed by atoms with Crippen LogP contribution in [0.4, 0.5) is 0 Å². The first kappa shape index (κ1) is 14.4. The van der Waals surface area contributed by atoms with Crippen molar-refractivity contribution in [3.05, 3.63) is 23.8 Å². The largest absolute Gasteiger partial charge is 0.477 e. The molecular formula is C17H24N2O2. The average molecular weight is 288 g/mol. The topological polar surface area (TPSA) is 43.2 Å². The molecule has 114 valence electrons. The third kappa shape index (κ3) is 2.41. The maximum atomic E-state index is 5.94. The van der Waals surface area contributed by atoms with Crippen molar-refractivity contribution >= 4 is 11.8 Å². The highest BCUT2D eigenvalue weighted by Crippen LogP contribution is 2.41. The van der Waals surface area contributed by atoms with Crippen molar-refractivity contribution < 1.29 is 9.47 Å². The van der Waals surface area contributed by atoms with Crippen LogP contribution in [0.15, 0.2) is 33.8 Å². The molecule has 0 fully saturated rings. The van der Waals surface area contributed by atoms with Crippen LogP contribution in [-0.4, -0.2) is 36.1 Å². The van der Waals surface area contributed by atoms with E-state index in [9.17, 15) is 0 Å². The summed E-state index contributed by atoms with van der Waals surface area (Å²) in [4.78, 5) is 9.58. The molecule has 0 unspecified atom stereocenters. The molecule has 0 atom stereocenters. The third-order valence-electron chi connectivity index (χ3n) is 4.14. The lowest BCUT2D eigenvalue weighted by atomic mass is 9.81. The van der Waals surface area contributed by atoms with Gasteiger partial charge in [0.1, 0.15) is 18.6 Å². The predicted molar refractivity (Wildman–Crippen MR) is 84.9 cm³/mol. The first-order valence-corrected chi connectivity index (χ1v) is 7.56. The molecule has 3 rings (SSSR count). The zero-order valence-electron chi connectivity index (χ0n) is 13.6. The summed E-state index contributed by atoms with van der Waals surface area (Å²) in [5, 5.41) is 0. The minimum absolute atomic E-state index is 0.186. The Morgan fingerprint density at radius 2 is 1.52 bits per heavy atom. The van der Waals surface area contributed by atoms with E-state index in [1.54, 1.807) is 0 Å². The van der Waals surface area contributed by atoms with Gasteiger partial charge in [-0.25, -0.2) is 9.98 Å². The molecule has 0 aromatic heterocycles. The molecule has 0 spiro atoms. The second kappa shape index (κ2) is 4.46. The summed E-state index contributed by atoms with van der Waals surface area (Å²) in [5.74, 6) is 1.45. The van der Waals surface area contributed by atoms with E-state index in [-0.39, 0.29) is 11.1 Å². The Kier molecular flexibility index (Phi) is 3.05. The monoisotopic (exact) mass is 288 g/mol. The molecule has 0 saturated carbocycles. The van der Waals surface area contributed by atoms with Crippen LogP contribution in [0.3, 0.4) is 0 Å². The second-order valence-corrected chi connectivity index (χ2v) is 7.46. The van der Waals surface area contributed by atoms with Crippen molar-refractivity contribution in [3.8, 4) is 0 Å². The molecule has 4 heteroatoms. The zero-order chi connectivity index (χ0) is 15.3. The van der Waals surface area contributed by atoms with Crippen LogP contribution in [0.25, 0.3) is 0 Å². The summed E-state index contributed by atoms with van der Waals surface area (Å²) in [6.07, 6.45) is 7.43. The van der Waals surface area contributed by atoms with Gasteiger partial charge >= 0.3 is 0 Å². The standard InChI is InChI=1S/C17H24N2O2/c1-15(2)10-20-13(18-15)17(5,12-8-6-7-9-12)14-19-16(3,4)11-21-14/h6,8-9H,7,10-11H2,1-5H3. The fraction of sp³-hybridized carbons (Fsp3) is 0.647. The van der Waals surface area contributed by atoms with Gasteiger partial charge in [-0.15, -0.1) is 0 Å². The van der Waals surface area contributed by atoms with E-state index in [1.807, 2.05) is 0 Å². The van der Waals surface area contributed by atoms with Crippen LogP contribution in [0.2, 0.25) is 0 Å². The maximum absolute atomic E-state index is 5.94. The highest BCUT2D eigenvalue weighted by atomic mass is 16.5. The summed E-state index contributed by atoms with van der Waals surface area (Å²) < 4.78 is 11.9. The van der Waals surface area contributed by atoms with Gasteiger partial charge in [0.2, 0.25) is 11.8 Å². The van der Waals surface area contributed by atoms with Crippen molar-refractivity contribution in [2.24, 2.45) is 15.4 Å². The number of ether oxygens (including phenoxy) is 2. The lowest BCUT2D eigenvalue weighted by molar-refractivity contribution is 0.243. The van der Waals surface area contributed by atoms with Gasteiger partial charge in [-0.3, -0.25) is 0 Å². The molecule has 1 aliphatic carbocycles. The lowest BCUT2D eigenvalue weighted by Crippen LogP contribution is -2.38. The molecule has 3 aliphatic rings. The quantitative estimate of drug-likeness (QED) is 0.799. The van der Waals surface area contributed by atoms with E-state index in [4.69, 9.17) is 19.5 Å². The molecule has 0 amide bonds.